The Hall–Kier alpha value is -1.10. The molecule has 0 atom stereocenters. The standard InChI is InChI=1S/C4H9NO2.C3H6O2/c1-5(2)3-4(6)7;1-2-3(4)5/h3H2,1-2H3,(H,6,7);2H2,1H3,(H,4,5). The van der Waals surface area contributed by atoms with Gasteiger partial charge in [-0.15, -0.1) is 0 Å². The van der Waals surface area contributed by atoms with Crippen molar-refractivity contribution < 1.29 is 19.8 Å². The van der Waals surface area contributed by atoms with E-state index in [0.717, 1.165) is 0 Å². The van der Waals surface area contributed by atoms with Crippen LogP contribution in [0.2, 0.25) is 0 Å². The highest BCUT2D eigenvalue weighted by Gasteiger charge is 1.94. The Morgan fingerprint density at radius 2 is 1.50 bits per heavy atom. The van der Waals surface area contributed by atoms with Crippen LogP contribution in [0.4, 0.5) is 0 Å². The molecule has 5 heteroatoms. The van der Waals surface area contributed by atoms with Crippen LogP contribution in [0.3, 0.4) is 0 Å². The van der Waals surface area contributed by atoms with E-state index in [4.69, 9.17) is 10.2 Å². The van der Waals surface area contributed by atoms with Gasteiger partial charge in [0.1, 0.15) is 0 Å². The average molecular weight is 177 g/mol. The van der Waals surface area contributed by atoms with Gasteiger partial charge in [-0.2, -0.15) is 0 Å². The van der Waals surface area contributed by atoms with Crippen LogP contribution in [0.25, 0.3) is 0 Å². The van der Waals surface area contributed by atoms with Crippen LogP contribution in [0.1, 0.15) is 13.3 Å². The van der Waals surface area contributed by atoms with Gasteiger partial charge in [-0.05, 0) is 14.1 Å². The van der Waals surface area contributed by atoms with Gasteiger partial charge >= 0.3 is 11.9 Å². The fraction of sp³-hybridized carbons (Fsp3) is 0.714. The Labute approximate surface area is 71.6 Å². The molecule has 0 saturated heterocycles. The van der Waals surface area contributed by atoms with Crippen molar-refractivity contribution >= 4 is 11.9 Å². The number of hydrogen-bond donors (Lipinski definition) is 2. The molecule has 0 aliphatic rings. The number of carboxylic acid groups (broad SMARTS) is 2. The van der Waals surface area contributed by atoms with E-state index in [0.29, 0.717) is 0 Å². The summed E-state index contributed by atoms with van der Waals surface area (Å²) in [6, 6.07) is 0. The lowest BCUT2D eigenvalue weighted by Crippen LogP contribution is -2.20. The number of rotatable bonds is 3. The zero-order valence-electron chi connectivity index (χ0n) is 7.57. The fourth-order valence-corrected chi connectivity index (χ4v) is 0.271. The molecule has 0 fully saturated rings. The van der Waals surface area contributed by atoms with Crippen molar-refractivity contribution in [3.63, 3.8) is 0 Å². The van der Waals surface area contributed by atoms with Gasteiger partial charge in [0.15, 0.2) is 0 Å². The Morgan fingerprint density at radius 1 is 1.17 bits per heavy atom. The molecule has 0 radical (unpaired) electrons. The van der Waals surface area contributed by atoms with E-state index in [1.807, 2.05) is 0 Å². The minimum Gasteiger partial charge on any atom is -0.481 e. The molecule has 0 rings (SSSR count). The van der Waals surface area contributed by atoms with E-state index in [9.17, 15) is 9.59 Å². The van der Waals surface area contributed by atoms with Crippen molar-refractivity contribution in [2.45, 2.75) is 13.3 Å². The molecule has 0 aliphatic carbocycles. The second-order valence-corrected chi connectivity index (χ2v) is 2.38. The first-order valence-electron chi connectivity index (χ1n) is 3.48. The van der Waals surface area contributed by atoms with Crippen molar-refractivity contribution in [2.75, 3.05) is 20.6 Å². The average Bonchev–Trinajstić information content (AvgIpc) is 1.85. The number of aliphatic carboxylic acids is 2. The van der Waals surface area contributed by atoms with Crippen molar-refractivity contribution in [2.24, 2.45) is 0 Å². The molecule has 0 bridgehead atoms. The molecule has 0 spiro atoms. The fourth-order valence-electron chi connectivity index (χ4n) is 0.271. The Kier molecular flexibility index (Phi) is 8.99. The molecule has 12 heavy (non-hydrogen) atoms. The molecule has 2 N–H and O–H groups in total. The minimum atomic E-state index is -0.787. The number of carbonyl (C=O) groups is 2. The SMILES string of the molecule is CCC(=O)O.CN(C)CC(=O)O. The first-order valence-corrected chi connectivity index (χ1v) is 3.48. The molecule has 0 saturated carbocycles. The van der Waals surface area contributed by atoms with E-state index in [2.05, 4.69) is 0 Å². The molecule has 5 nitrogen and oxygen atoms in total. The quantitative estimate of drug-likeness (QED) is 0.640. The van der Waals surface area contributed by atoms with Crippen molar-refractivity contribution in [1.29, 1.82) is 0 Å². The summed E-state index contributed by atoms with van der Waals surface area (Å²) in [5.41, 5.74) is 0. The molecule has 72 valence electrons. The first kappa shape index (κ1) is 13.5. The summed E-state index contributed by atoms with van der Waals surface area (Å²) >= 11 is 0. The summed E-state index contributed by atoms with van der Waals surface area (Å²) in [5, 5.41) is 15.8. The van der Waals surface area contributed by atoms with Gasteiger partial charge in [-0.3, -0.25) is 14.5 Å². The number of hydrogen-bond acceptors (Lipinski definition) is 3. The largest absolute Gasteiger partial charge is 0.481 e. The van der Waals surface area contributed by atoms with E-state index in [1.165, 1.54) is 0 Å². The summed E-state index contributed by atoms with van der Waals surface area (Å²) < 4.78 is 0. The van der Waals surface area contributed by atoms with E-state index < -0.39 is 11.9 Å². The second kappa shape index (κ2) is 8.00. The lowest BCUT2D eigenvalue weighted by molar-refractivity contribution is -0.138. The van der Waals surface area contributed by atoms with Crippen LogP contribution in [-0.4, -0.2) is 47.7 Å². The van der Waals surface area contributed by atoms with Crippen LogP contribution in [0, 0.1) is 0 Å². The van der Waals surface area contributed by atoms with Crippen LogP contribution in [-0.2, 0) is 9.59 Å². The van der Waals surface area contributed by atoms with E-state index >= 15 is 0 Å². The Balaban J connectivity index is 0. The Bertz CT molecular complexity index is 144. The zero-order chi connectivity index (χ0) is 10.1. The molecule has 0 aromatic rings. The maximum absolute atomic E-state index is 9.77. The highest BCUT2D eigenvalue weighted by molar-refractivity contribution is 5.68. The normalized spacial score (nSPS) is 8.67. The molecule has 0 unspecified atom stereocenters. The first-order chi connectivity index (χ1) is 5.40. The van der Waals surface area contributed by atoms with Gasteiger partial charge in [0.2, 0.25) is 0 Å². The summed E-state index contributed by atoms with van der Waals surface area (Å²) in [6.45, 7) is 1.71. The van der Waals surface area contributed by atoms with Crippen molar-refractivity contribution in [3.05, 3.63) is 0 Å². The summed E-state index contributed by atoms with van der Waals surface area (Å²) in [4.78, 5) is 20.7. The van der Waals surface area contributed by atoms with Gasteiger partial charge in [0, 0.05) is 6.42 Å². The summed E-state index contributed by atoms with van der Waals surface area (Å²) in [5.74, 6) is -1.53. The van der Waals surface area contributed by atoms with Gasteiger partial charge in [0.05, 0.1) is 6.54 Å². The number of nitrogens with zero attached hydrogens (tertiary/aromatic N) is 1. The third kappa shape index (κ3) is 23.1. The molecule has 0 aromatic carbocycles. The highest BCUT2D eigenvalue weighted by atomic mass is 16.4. The monoisotopic (exact) mass is 177 g/mol. The minimum absolute atomic E-state index is 0.111. The molecule has 0 amide bonds. The van der Waals surface area contributed by atoms with Crippen molar-refractivity contribution in [1.82, 2.24) is 4.90 Å². The van der Waals surface area contributed by atoms with E-state index in [1.54, 1.807) is 25.9 Å². The van der Waals surface area contributed by atoms with Gasteiger partial charge in [0.25, 0.3) is 0 Å². The summed E-state index contributed by atoms with van der Waals surface area (Å²) in [7, 11) is 3.43. The Morgan fingerprint density at radius 3 is 1.50 bits per heavy atom. The molecular weight excluding hydrogens is 162 g/mol. The maximum atomic E-state index is 9.77. The van der Waals surface area contributed by atoms with E-state index in [-0.39, 0.29) is 13.0 Å². The lowest BCUT2D eigenvalue weighted by atomic mass is 10.5. The van der Waals surface area contributed by atoms with Crippen LogP contribution in [0.15, 0.2) is 0 Å². The predicted molar refractivity (Wildman–Crippen MR) is 44.1 cm³/mol. The second-order valence-electron chi connectivity index (χ2n) is 2.38. The third-order valence-corrected chi connectivity index (χ3v) is 0.754. The van der Waals surface area contributed by atoms with Gasteiger partial charge in [-0.1, -0.05) is 6.92 Å². The number of carboxylic acids is 2. The molecule has 0 aliphatic heterocycles. The maximum Gasteiger partial charge on any atom is 0.317 e. The molecule has 0 heterocycles. The summed E-state index contributed by atoms with van der Waals surface area (Å²) in [6.07, 6.45) is 0.222. The topological polar surface area (TPSA) is 77.8 Å². The molecule has 0 aromatic heterocycles. The predicted octanol–water partition coefficient (Wildman–Crippen LogP) is 0.114. The lowest BCUT2D eigenvalue weighted by Gasteiger charge is -2.01. The molecular formula is C7H15NO4. The van der Waals surface area contributed by atoms with Gasteiger partial charge < -0.3 is 10.2 Å². The van der Waals surface area contributed by atoms with Crippen LogP contribution in [0.5, 0.6) is 0 Å². The van der Waals surface area contributed by atoms with Crippen LogP contribution < -0.4 is 0 Å². The van der Waals surface area contributed by atoms with Gasteiger partial charge in [-0.25, -0.2) is 0 Å². The smallest absolute Gasteiger partial charge is 0.317 e. The highest BCUT2D eigenvalue weighted by Crippen LogP contribution is 1.69. The van der Waals surface area contributed by atoms with Crippen LogP contribution >= 0.6 is 0 Å². The third-order valence-electron chi connectivity index (χ3n) is 0.754. The zero-order valence-corrected chi connectivity index (χ0v) is 7.57. The number of likely N-dealkylation sites (N-methyl/N-ethyl adjacent to an activating group) is 1. The van der Waals surface area contributed by atoms with Crippen molar-refractivity contribution in [3.8, 4) is 0 Å².